The van der Waals surface area contributed by atoms with Crippen LogP contribution in [0, 0.1) is 0 Å². The Kier molecular flexibility index (Phi) is 5.46. The highest BCUT2D eigenvalue weighted by molar-refractivity contribution is 5.76. The lowest BCUT2D eigenvalue weighted by atomic mass is 10.1. The Morgan fingerprint density at radius 2 is 1.72 bits per heavy atom. The maximum Gasteiger partial charge on any atom is 0.215 e. The van der Waals surface area contributed by atoms with E-state index in [1.807, 2.05) is 72.8 Å². The van der Waals surface area contributed by atoms with Gasteiger partial charge in [0.25, 0.3) is 0 Å². The second kappa shape index (κ2) is 8.71. The highest BCUT2D eigenvalue weighted by Crippen LogP contribution is 2.41. The van der Waals surface area contributed by atoms with E-state index in [4.69, 9.17) is 14.1 Å². The van der Waals surface area contributed by atoms with Crippen molar-refractivity contribution in [1.29, 1.82) is 0 Å². The van der Waals surface area contributed by atoms with Crippen LogP contribution in [0.3, 0.4) is 0 Å². The van der Waals surface area contributed by atoms with Gasteiger partial charge in [0.15, 0.2) is 5.76 Å². The normalized spacial score (nSPS) is 14.7. The molecular weight excluding hydrogens is 400 g/mol. The molecule has 0 radical (unpaired) electrons. The Morgan fingerprint density at radius 3 is 2.41 bits per heavy atom. The summed E-state index contributed by atoms with van der Waals surface area (Å²) < 4.78 is 11.8. The monoisotopic (exact) mass is 424 g/mol. The molecule has 1 aliphatic carbocycles. The fraction of sp³-hybridized carbons (Fsp3) is 0.185. The van der Waals surface area contributed by atoms with Crippen molar-refractivity contribution in [2.45, 2.75) is 25.4 Å². The first-order valence-corrected chi connectivity index (χ1v) is 10.8. The van der Waals surface area contributed by atoms with Crippen LogP contribution in [0.5, 0.6) is 5.75 Å². The summed E-state index contributed by atoms with van der Waals surface area (Å²) >= 11 is 0. The topological polar surface area (TPSA) is 55.6 Å². The van der Waals surface area contributed by atoms with Gasteiger partial charge in [0.1, 0.15) is 11.4 Å². The van der Waals surface area contributed by atoms with Gasteiger partial charge in [-0.15, -0.1) is 0 Å². The maximum atomic E-state index is 12.1. The SMILES string of the molecule is COc1cccc2c1CCC2N(C=O)Cc1nc(-c2ccccc2)c(-c2ccccc2)o1. The molecule has 4 aromatic rings. The third kappa shape index (κ3) is 3.66. The zero-order valence-corrected chi connectivity index (χ0v) is 17.9. The summed E-state index contributed by atoms with van der Waals surface area (Å²) in [6.07, 6.45) is 2.63. The molecule has 3 aromatic carbocycles. The van der Waals surface area contributed by atoms with Gasteiger partial charge >= 0.3 is 0 Å². The second-order valence-corrected chi connectivity index (χ2v) is 7.88. The van der Waals surface area contributed by atoms with Crippen LogP contribution in [-0.2, 0) is 17.8 Å². The van der Waals surface area contributed by atoms with Crippen LogP contribution in [0.4, 0.5) is 0 Å². The lowest BCUT2D eigenvalue weighted by molar-refractivity contribution is -0.121. The van der Waals surface area contributed by atoms with Gasteiger partial charge in [-0.05, 0) is 30.0 Å². The van der Waals surface area contributed by atoms with E-state index in [1.165, 1.54) is 5.56 Å². The Morgan fingerprint density at radius 1 is 1.00 bits per heavy atom. The number of amides is 1. The summed E-state index contributed by atoms with van der Waals surface area (Å²) in [6, 6.07) is 25.9. The van der Waals surface area contributed by atoms with Gasteiger partial charge in [-0.25, -0.2) is 4.98 Å². The summed E-state index contributed by atoms with van der Waals surface area (Å²) in [5.41, 5.74) is 5.03. The van der Waals surface area contributed by atoms with E-state index in [9.17, 15) is 4.79 Å². The van der Waals surface area contributed by atoms with Crippen molar-refractivity contribution < 1.29 is 13.9 Å². The molecule has 1 aliphatic rings. The number of hydrogen-bond acceptors (Lipinski definition) is 4. The Hall–Kier alpha value is -3.86. The molecule has 1 atom stereocenters. The molecule has 1 aromatic heterocycles. The smallest absolute Gasteiger partial charge is 0.215 e. The minimum atomic E-state index is -0.0233. The molecule has 0 bridgehead atoms. The highest BCUT2D eigenvalue weighted by Gasteiger charge is 2.30. The second-order valence-electron chi connectivity index (χ2n) is 7.88. The largest absolute Gasteiger partial charge is 0.496 e. The third-order valence-electron chi connectivity index (χ3n) is 6.02. The maximum absolute atomic E-state index is 12.1. The molecule has 1 amide bonds. The number of hydrogen-bond donors (Lipinski definition) is 0. The number of fused-ring (bicyclic) bond motifs is 1. The van der Waals surface area contributed by atoms with E-state index < -0.39 is 0 Å². The zero-order chi connectivity index (χ0) is 21.9. The molecule has 5 nitrogen and oxygen atoms in total. The fourth-order valence-electron chi connectivity index (χ4n) is 4.52. The number of rotatable bonds is 7. The molecule has 0 spiro atoms. The van der Waals surface area contributed by atoms with Gasteiger partial charge in [-0.1, -0.05) is 72.8 Å². The first-order valence-electron chi connectivity index (χ1n) is 10.8. The number of methoxy groups -OCH3 is 1. The summed E-state index contributed by atoms with van der Waals surface area (Å²) in [5.74, 6) is 2.11. The van der Waals surface area contributed by atoms with Crippen LogP contribution in [0.15, 0.2) is 83.3 Å². The number of benzene rings is 3. The molecule has 0 saturated heterocycles. The predicted octanol–water partition coefficient (Wildman–Crippen LogP) is 5.66. The quantitative estimate of drug-likeness (QED) is 0.359. The van der Waals surface area contributed by atoms with E-state index in [0.29, 0.717) is 18.2 Å². The fourth-order valence-corrected chi connectivity index (χ4v) is 4.52. The van der Waals surface area contributed by atoms with E-state index in [-0.39, 0.29) is 6.04 Å². The van der Waals surface area contributed by atoms with Gasteiger partial charge in [0.05, 0.1) is 19.7 Å². The van der Waals surface area contributed by atoms with Crippen LogP contribution in [0.1, 0.15) is 29.5 Å². The van der Waals surface area contributed by atoms with Crippen molar-refractivity contribution in [3.8, 4) is 28.3 Å². The standard InChI is InChI=1S/C27H24N2O3/c1-31-24-14-8-13-21-22(24)15-16-23(21)29(18-30)17-25-28-26(19-9-4-2-5-10-19)27(32-25)20-11-6-3-7-12-20/h2-14,18,23H,15-17H2,1H3. The molecule has 1 unspecified atom stereocenters. The number of ether oxygens (including phenoxy) is 1. The zero-order valence-electron chi connectivity index (χ0n) is 17.9. The number of aromatic nitrogens is 1. The molecule has 5 rings (SSSR count). The molecule has 5 heteroatoms. The number of oxazole rings is 1. The van der Waals surface area contributed by atoms with Gasteiger partial charge in [0, 0.05) is 11.1 Å². The highest BCUT2D eigenvalue weighted by atomic mass is 16.5. The van der Waals surface area contributed by atoms with E-state index in [2.05, 4.69) is 6.07 Å². The molecular formula is C27H24N2O3. The van der Waals surface area contributed by atoms with E-state index in [0.717, 1.165) is 47.4 Å². The Labute approximate surface area is 187 Å². The molecule has 0 N–H and O–H groups in total. The first kappa shape index (κ1) is 20.1. The third-order valence-corrected chi connectivity index (χ3v) is 6.02. The minimum absolute atomic E-state index is 0.0233. The van der Waals surface area contributed by atoms with E-state index in [1.54, 1.807) is 12.0 Å². The predicted molar refractivity (Wildman–Crippen MR) is 123 cm³/mol. The average Bonchev–Trinajstić information content (AvgIpc) is 3.48. The Bertz CT molecular complexity index is 1160. The lowest BCUT2D eigenvalue weighted by Gasteiger charge is -2.24. The van der Waals surface area contributed by atoms with Crippen molar-refractivity contribution in [2.75, 3.05) is 7.11 Å². The molecule has 0 saturated carbocycles. The van der Waals surface area contributed by atoms with Crippen LogP contribution in [0.25, 0.3) is 22.6 Å². The summed E-state index contributed by atoms with van der Waals surface area (Å²) in [4.78, 5) is 18.7. The number of nitrogens with zero attached hydrogens (tertiary/aromatic N) is 2. The molecule has 32 heavy (non-hydrogen) atoms. The summed E-state index contributed by atoms with van der Waals surface area (Å²) in [5, 5.41) is 0. The van der Waals surface area contributed by atoms with Gasteiger partial charge < -0.3 is 14.1 Å². The van der Waals surface area contributed by atoms with Crippen molar-refractivity contribution >= 4 is 6.41 Å². The minimum Gasteiger partial charge on any atom is -0.496 e. The van der Waals surface area contributed by atoms with Crippen molar-refractivity contribution in [1.82, 2.24) is 9.88 Å². The van der Waals surface area contributed by atoms with Gasteiger partial charge in [-0.2, -0.15) is 0 Å². The van der Waals surface area contributed by atoms with E-state index >= 15 is 0 Å². The average molecular weight is 425 g/mol. The molecule has 1 heterocycles. The van der Waals surface area contributed by atoms with Crippen LogP contribution in [0.2, 0.25) is 0 Å². The summed E-state index contributed by atoms with van der Waals surface area (Å²) in [6.45, 7) is 0.303. The Balaban J connectivity index is 1.50. The van der Waals surface area contributed by atoms with Crippen molar-refractivity contribution in [3.05, 3.63) is 95.9 Å². The van der Waals surface area contributed by atoms with Gasteiger partial charge in [-0.3, -0.25) is 4.79 Å². The van der Waals surface area contributed by atoms with Crippen LogP contribution < -0.4 is 4.74 Å². The van der Waals surface area contributed by atoms with Crippen LogP contribution >= 0.6 is 0 Å². The molecule has 0 aliphatic heterocycles. The number of carbonyl (C=O) groups is 1. The van der Waals surface area contributed by atoms with Gasteiger partial charge in [0.2, 0.25) is 12.3 Å². The van der Waals surface area contributed by atoms with Crippen molar-refractivity contribution in [3.63, 3.8) is 0 Å². The summed E-state index contributed by atoms with van der Waals surface area (Å²) in [7, 11) is 1.68. The van der Waals surface area contributed by atoms with Crippen molar-refractivity contribution in [2.24, 2.45) is 0 Å². The van der Waals surface area contributed by atoms with Crippen LogP contribution in [-0.4, -0.2) is 23.4 Å². The molecule has 160 valence electrons. The first-order chi connectivity index (χ1) is 15.8. The number of carbonyl (C=O) groups excluding carboxylic acids is 1. The molecule has 0 fully saturated rings. The lowest BCUT2D eigenvalue weighted by Crippen LogP contribution is -2.25.